The van der Waals surface area contributed by atoms with Crippen LogP contribution in [-0.2, 0) is 4.74 Å². The summed E-state index contributed by atoms with van der Waals surface area (Å²) < 4.78 is 38.2. The van der Waals surface area contributed by atoms with Gasteiger partial charge in [0.15, 0.2) is 0 Å². The van der Waals surface area contributed by atoms with E-state index in [0.717, 1.165) is 32.1 Å². The highest BCUT2D eigenvalue weighted by Crippen LogP contribution is 2.48. The fraction of sp³-hybridized carbons (Fsp3) is 0.600. The highest BCUT2D eigenvalue weighted by molar-refractivity contribution is 5.38. The average Bonchev–Trinajstić information content (AvgIpc) is 2.17. The molecule has 0 atom stereocenters. The number of hydrogen-bond donors (Lipinski definition) is 0. The minimum Gasteiger partial charge on any atom is -0.490 e. The maximum atomic E-state index is 13.8. The van der Waals surface area contributed by atoms with Crippen LogP contribution < -0.4 is 4.74 Å². The monoisotopic (exact) mass is 268 g/mol. The van der Waals surface area contributed by atoms with E-state index in [9.17, 15) is 8.78 Å². The maximum Gasteiger partial charge on any atom is 0.133 e. The molecule has 0 radical (unpaired) electrons. The van der Waals surface area contributed by atoms with Crippen LogP contribution in [0, 0.1) is 17.0 Å². The molecular weight excluding hydrogens is 250 g/mol. The molecule has 19 heavy (non-hydrogen) atoms. The smallest absolute Gasteiger partial charge is 0.133 e. The molecule has 1 aliphatic heterocycles. The molecule has 2 nitrogen and oxygen atoms in total. The summed E-state index contributed by atoms with van der Waals surface area (Å²) in [7, 11) is 0. The van der Waals surface area contributed by atoms with Gasteiger partial charge >= 0.3 is 0 Å². The molecule has 1 aliphatic carbocycles. The Labute approximate surface area is 111 Å². The molecule has 1 saturated carbocycles. The van der Waals surface area contributed by atoms with E-state index >= 15 is 0 Å². The van der Waals surface area contributed by atoms with Crippen LogP contribution in [0.4, 0.5) is 8.78 Å². The highest BCUT2D eigenvalue weighted by atomic mass is 19.1. The van der Waals surface area contributed by atoms with Crippen molar-refractivity contribution in [3.63, 3.8) is 0 Å². The Morgan fingerprint density at radius 2 is 1.95 bits per heavy atom. The molecule has 3 rings (SSSR count). The SMILES string of the molecule is CC(C)c1c(F)cc(F)cc1OC1CC2(COC2)C1. The van der Waals surface area contributed by atoms with E-state index in [1.165, 1.54) is 6.07 Å². The Hall–Kier alpha value is -1.16. The molecule has 1 aromatic carbocycles. The Balaban J connectivity index is 1.76. The van der Waals surface area contributed by atoms with E-state index in [2.05, 4.69) is 0 Å². The fourth-order valence-electron chi connectivity index (χ4n) is 3.01. The van der Waals surface area contributed by atoms with Gasteiger partial charge < -0.3 is 9.47 Å². The molecule has 1 saturated heterocycles. The van der Waals surface area contributed by atoms with Gasteiger partial charge in [0.05, 0.1) is 13.2 Å². The molecule has 1 spiro atoms. The van der Waals surface area contributed by atoms with Crippen molar-refractivity contribution in [2.45, 2.75) is 38.7 Å². The van der Waals surface area contributed by atoms with Crippen molar-refractivity contribution in [2.24, 2.45) is 5.41 Å². The second-order valence-corrected chi connectivity index (χ2v) is 6.10. The first-order valence-corrected chi connectivity index (χ1v) is 6.72. The van der Waals surface area contributed by atoms with E-state index in [1.807, 2.05) is 13.8 Å². The molecule has 104 valence electrons. The van der Waals surface area contributed by atoms with Crippen molar-refractivity contribution < 1.29 is 18.3 Å². The van der Waals surface area contributed by atoms with E-state index in [1.54, 1.807) is 0 Å². The number of ether oxygens (including phenoxy) is 2. The summed E-state index contributed by atoms with van der Waals surface area (Å²) in [6, 6.07) is 2.21. The number of halogens is 2. The van der Waals surface area contributed by atoms with Gasteiger partial charge in [-0.3, -0.25) is 0 Å². The van der Waals surface area contributed by atoms with Gasteiger partial charge in [0, 0.05) is 23.1 Å². The van der Waals surface area contributed by atoms with Crippen molar-refractivity contribution in [2.75, 3.05) is 13.2 Å². The minimum absolute atomic E-state index is 0.0309. The van der Waals surface area contributed by atoms with Crippen LogP contribution in [0.5, 0.6) is 5.75 Å². The first-order valence-electron chi connectivity index (χ1n) is 6.72. The van der Waals surface area contributed by atoms with Gasteiger partial charge in [0.1, 0.15) is 23.5 Å². The lowest BCUT2D eigenvalue weighted by atomic mass is 9.65. The summed E-state index contributed by atoms with van der Waals surface area (Å²) >= 11 is 0. The van der Waals surface area contributed by atoms with Crippen molar-refractivity contribution in [1.82, 2.24) is 0 Å². The molecule has 0 bridgehead atoms. The first kappa shape index (κ1) is 12.9. The summed E-state index contributed by atoms with van der Waals surface area (Å²) in [5.41, 5.74) is 0.751. The first-order chi connectivity index (χ1) is 8.99. The summed E-state index contributed by atoms with van der Waals surface area (Å²) in [4.78, 5) is 0. The molecule has 1 heterocycles. The Bertz CT molecular complexity index is 487. The molecule has 0 unspecified atom stereocenters. The summed E-state index contributed by atoms with van der Waals surface area (Å²) in [6.07, 6.45) is 1.90. The third-order valence-corrected chi connectivity index (χ3v) is 4.07. The molecule has 4 heteroatoms. The standard InChI is InChI=1S/C15H18F2O2/c1-9(2)14-12(17)3-10(16)4-13(14)19-11-5-15(6-11)7-18-8-15/h3-4,9,11H,5-8H2,1-2H3. The number of benzene rings is 1. The lowest BCUT2D eigenvalue weighted by molar-refractivity contribution is -0.191. The van der Waals surface area contributed by atoms with E-state index in [-0.39, 0.29) is 17.4 Å². The van der Waals surface area contributed by atoms with Gasteiger partial charge in [0.2, 0.25) is 0 Å². The second kappa shape index (κ2) is 4.44. The van der Waals surface area contributed by atoms with Crippen LogP contribution in [0.25, 0.3) is 0 Å². The molecule has 0 N–H and O–H groups in total. The van der Waals surface area contributed by atoms with Gasteiger partial charge in [-0.1, -0.05) is 13.8 Å². The maximum absolute atomic E-state index is 13.8. The second-order valence-electron chi connectivity index (χ2n) is 6.10. The average molecular weight is 268 g/mol. The van der Waals surface area contributed by atoms with Crippen LogP contribution >= 0.6 is 0 Å². The van der Waals surface area contributed by atoms with Crippen LogP contribution in [0.15, 0.2) is 12.1 Å². The normalized spacial score (nSPS) is 21.3. The highest BCUT2D eigenvalue weighted by Gasteiger charge is 2.51. The van der Waals surface area contributed by atoms with Gasteiger partial charge in [-0.05, 0) is 18.8 Å². The third kappa shape index (κ3) is 2.22. The van der Waals surface area contributed by atoms with Crippen LogP contribution in [-0.4, -0.2) is 19.3 Å². The summed E-state index contributed by atoms with van der Waals surface area (Å²) in [5.74, 6) is -0.784. The summed E-state index contributed by atoms with van der Waals surface area (Å²) in [6.45, 7) is 5.35. The molecule has 2 aliphatic rings. The third-order valence-electron chi connectivity index (χ3n) is 4.07. The zero-order chi connectivity index (χ0) is 13.6. The topological polar surface area (TPSA) is 18.5 Å². The molecule has 1 aromatic rings. The Morgan fingerprint density at radius 3 is 2.47 bits per heavy atom. The van der Waals surface area contributed by atoms with Gasteiger partial charge in [-0.15, -0.1) is 0 Å². The summed E-state index contributed by atoms with van der Waals surface area (Å²) in [5, 5.41) is 0. The molecule has 0 amide bonds. The van der Waals surface area contributed by atoms with Crippen molar-refractivity contribution in [3.8, 4) is 5.75 Å². The van der Waals surface area contributed by atoms with Crippen LogP contribution in [0.2, 0.25) is 0 Å². The molecule has 0 aromatic heterocycles. The van der Waals surface area contributed by atoms with E-state index in [4.69, 9.17) is 9.47 Å². The molecular formula is C15H18F2O2. The van der Waals surface area contributed by atoms with Crippen molar-refractivity contribution >= 4 is 0 Å². The molecule has 2 fully saturated rings. The quantitative estimate of drug-likeness (QED) is 0.833. The van der Waals surface area contributed by atoms with Gasteiger partial charge in [-0.25, -0.2) is 8.78 Å². The zero-order valence-electron chi connectivity index (χ0n) is 11.2. The number of hydrogen-bond acceptors (Lipinski definition) is 2. The predicted molar refractivity (Wildman–Crippen MR) is 67.3 cm³/mol. The minimum atomic E-state index is -0.585. The lowest BCUT2D eigenvalue weighted by Crippen LogP contribution is -2.56. The van der Waals surface area contributed by atoms with E-state index in [0.29, 0.717) is 11.3 Å². The Morgan fingerprint density at radius 1 is 1.26 bits per heavy atom. The van der Waals surface area contributed by atoms with E-state index < -0.39 is 11.6 Å². The van der Waals surface area contributed by atoms with Crippen LogP contribution in [0.1, 0.15) is 38.2 Å². The zero-order valence-corrected chi connectivity index (χ0v) is 11.2. The van der Waals surface area contributed by atoms with Gasteiger partial charge in [-0.2, -0.15) is 0 Å². The van der Waals surface area contributed by atoms with Crippen LogP contribution in [0.3, 0.4) is 0 Å². The fourth-order valence-corrected chi connectivity index (χ4v) is 3.01. The van der Waals surface area contributed by atoms with Gasteiger partial charge in [0.25, 0.3) is 0 Å². The largest absolute Gasteiger partial charge is 0.490 e. The van der Waals surface area contributed by atoms with Crippen molar-refractivity contribution in [3.05, 3.63) is 29.3 Å². The Kier molecular flexibility index (Phi) is 3.01. The van der Waals surface area contributed by atoms with Crippen molar-refractivity contribution in [1.29, 1.82) is 0 Å². The number of rotatable bonds is 3. The lowest BCUT2D eigenvalue weighted by Gasteiger charge is -2.52. The predicted octanol–water partition coefficient (Wildman–Crippen LogP) is 3.65.